The van der Waals surface area contributed by atoms with Crippen molar-refractivity contribution in [2.45, 2.75) is 45.4 Å². The van der Waals surface area contributed by atoms with E-state index >= 15 is 0 Å². The Kier molecular flexibility index (Phi) is 3.90. The molecule has 6 heteroatoms. The number of hydrogen-bond donors (Lipinski definition) is 0. The van der Waals surface area contributed by atoms with Crippen LogP contribution in [0, 0.1) is 0 Å². The van der Waals surface area contributed by atoms with Crippen LogP contribution in [-0.2, 0) is 15.9 Å². The van der Waals surface area contributed by atoms with Crippen molar-refractivity contribution in [3.8, 4) is 0 Å². The summed E-state index contributed by atoms with van der Waals surface area (Å²) >= 11 is 0. The summed E-state index contributed by atoms with van der Waals surface area (Å²) in [6, 6.07) is 9.68. The van der Waals surface area contributed by atoms with Gasteiger partial charge in [0.05, 0.1) is 17.7 Å². The van der Waals surface area contributed by atoms with Gasteiger partial charge in [0.2, 0.25) is 0 Å². The molecular weight excluding hydrogens is 291 g/mol. The first kappa shape index (κ1) is 16.0. The highest BCUT2D eigenvalue weighted by molar-refractivity contribution is 6.62. The summed E-state index contributed by atoms with van der Waals surface area (Å²) in [5.41, 5.74) is 0.973. The number of benzene rings is 1. The summed E-state index contributed by atoms with van der Waals surface area (Å²) in [5.74, 6) is 0. The Hall–Kier alpha value is -1.92. The molecule has 0 saturated carbocycles. The second-order valence-electron chi connectivity index (χ2n) is 6.86. The normalized spacial score (nSPS) is 19.0. The molecule has 0 atom stereocenters. The Bertz CT molecular complexity index is 754. The first-order chi connectivity index (χ1) is 10.8. The molecule has 1 aromatic heterocycles. The van der Waals surface area contributed by atoms with E-state index in [4.69, 9.17) is 9.31 Å². The van der Waals surface area contributed by atoms with E-state index in [0.717, 1.165) is 11.0 Å². The molecule has 3 rings (SSSR count). The summed E-state index contributed by atoms with van der Waals surface area (Å²) in [5, 5.41) is 0. The molecule has 0 spiro atoms. The van der Waals surface area contributed by atoms with Crippen molar-refractivity contribution in [3.63, 3.8) is 0 Å². The highest BCUT2D eigenvalue weighted by Crippen LogP contribution is 2.36. The predicted molar refractivity (Wildman–Crippen MR) is 89.8 cm³/mol. The van der Waals surface area contributed by atoms with Crippen molar-refractivity contribution >= 4 is 12.6 Å². The minimum Gasteiger partial charge on any atom is -0.399 e. The maximum atomic E-state index is 11.7. The zero-order valence-corrected chi connectivity index (χ0v) is 13.9. The first-order valence-electron chi connectivity index (χ1n) is 7.74. The van der Waals surface area contributed by atoms with Gasteiger partial charge in [0.1, 0.15) is 0 Å². The third-order valence-electron chi connectivity index (χ3n) is 4.61. The zero-order valence-electron chi connectivity index (χ0n) is 13.9. The fourth-order valence-electron chi connectivity index (χ4n) is 2.52. The van der Waals surface area contributed by atoms with Crippen LogP contribution >= 0.6 is 0 Å². The molecule has 23 heavy (non-hydrogen) atoms. The fraction of sp³-hybridized carbons (Fsp3) is 0.412. The van der Waals surface area contributed by atoms with Crippen LogP contribution in [0.4, 0.5) is 0 Å². The Balaban J connectivity index is 1.84. The van der Waals surface area contributed by atoms with Crippen LogP contribution < -0.4 is 11.2 Å². The molecule has 1 aliphatic rings. The molecular formula is C17H21BN2O3. The summed E-state index contributed by atoms with van der Waals surface area (Å²) < 4.78 is 13.7. The largest absolute Gasteiger partial charge is 0.494 e. The van der Waals surface area contributed by atoms with Crippen LogP contribution in [-0.4, -0.2) is 27.9 Å². The molecule has 1 aliphatic heterocycles. The summed E-state index contributed by atoms with van der Waals surface area (Å²) in [4.78, 5) is 15.5. The van der Waals surface area contributed by atoms with Crippen LogP contribution in [0.5, 0.6) is 0 Å². The minimum atomic E-state index is -0.398. The highest BCUT2D eigenvalue weighted by atomic mass is 16.7. The Labute approximate surface area is 136 Å². The van der Waals surface area contributed by atoms with Gasteiger partial charge in [-0.2, -0.15) is 0 Å². The van der Waals surface area contributed by atoms with Gasteiger partial charge in [-0.1, -0.05) is 24.3 Å². The lowest BCUT2D eigenvalue weighted by atomic mass is 9.78. The van der Waals surface area contributed by atoms with Crippen molar-refractivity contribution in [2.75, 3.05) is 0 Å². The Morgan fingerprint density at radius 1 is 1.13 bits per heavy atom. The molecule has 0 unspecified atom stereocenters. The van der Waals surface area contributed by atoms with E-state index in [1.807, 2.05) is 52.0 Å². The molecule has 2 heterocycles. The maximum Gasteiger partial charge on any atom is 0.494 e. The van der Waals surface area contributed by atoms with Gasteiger partial charge in [-0.15, -0.1) is 0 Å². The van der Waals surface area contributed by atoms with Gasteiger partial charge in [-0.05, 0) is 44.8 Å². The van der Waals surface area contributed by atoms with E-state index in [-0.39, 0.29) is 16.9 Å². The van der Waals surface area contributed by atoms with Crippen LogP contribution in [0.1, 0.15) is 33.3 Å². The van der Waals surface area contributed by atoms with Crippen LogP contribution in [0.15, 0.2) is 47.5 Å². The lowest BCUT2D eigenvalue weighted by Crippen LogP contribution is -2.41. The van der Waals surface area contributed by atoms with E-state index in [2.05, 4.69) is 4.98 Å². The van der Waals surface area contributed by atoms with Crippen molar-refractivity contribution in [1.82, 2.24) is 9.55 Å². The Morgan fingerprint density at radius 2 is 1.83 bits per heavy atom. The van der Waals surface area contributed by atoms with Crippen LogP contribution in [0.2, 0.25) is 0 Å². The second kappa shape index (κ2) is 5.62. The smallest absolute Gasteiger partial charge is 0.399 e. The van der Waals surface area contributed by atoms with E-state index in [9.17, 15) is 4.79 Å². The van der Waals surface area contributed by atoms with Crippen LogP contribution in [0.3, 0.4) is 0 Å². The van der Waals surface area contributed by atoms with Gasteiger partial charge in [0.25, 0.3) is 0 Å². The molecule has 1 aromatic carbocycles. The van der Waals surface area contributed by atoms with Gasteiger partial charge in [0.15, 0.2) is 0 Å². The van der Waals surface area contributed by atoms with Gasteiger partial charge in [-0.25, -0.2) is 9.78 Å². The minimum absolute atomic E-state index is 0.256. The molecule has 0 radical (unpaired) electrons. The van der Waals surface area contributed by atoms with E-state index in [1.54, 1.807) is 16.8 Å². The first-order valence-corrected chi connectivity index (χ1v) is 7.74. The zero-order chi connectivity index (χ0) is 16.7. The molecule has 120 valence electrons. The highest BCUT2D eigenvalue weighted by Gasteiger charge is 2.51. The van der Waals surface area contributed by atoms with Gasteiger partial charge >= 0.3 is 12.8 Å². The fourth-order valence-corrected chi connectivity index (χ4v) is 2.52. The SMILES string of the molecule is CC1(C)OB(c2cccc(Cn3cccnc3=O)c2)OC1(C)C. The van der Waals surface area contributed by atoms with Gasteiger partial charge in [0, 0.05) is 12.4 Å². The van der Waals surface area contributed by atoms with Gasteiger partial charge in [-0.3, -0.25) is 4.57 Å². The molecule has 2 aromatic rings. The second-order valence-corrected chi connectivity index (χ2v) is 6.86. The van der Waals surface area contributed by atoms with Crippen LogP contribution in [0.25, 0.3) is 0 Å². The van der Waals surface area contributed by atoms with E-state index in [0.29, 0.717) is 6.54 Å². The van der Waals surface area contributed by atoms with Crippen molar-refractivity contribution in [3.05, 3.63) is 58.8 Å². The van der Waals surface area contributed by atoms with Crippen molar-refractivity contribution in [2.24, 2.45) is 0 Å². The third-order valence-corrected chi connectivity index (χ3v) is 4.61. The molecule has 0 aliphatic carbocycles. The molecule has 0 N–H and O–H groups in total. The van der Waals surface area contributed by atoms with E-state index < -0.39 is 7.12 Å². The average molecular weight is 312 g/mol. The van der Waals surface area contributed by atoms with Gasteiger partial charge < -0.3 is 9.31 Å². The summed E-state index contributed by atoms with van der Waals surface area (Å²) in [7, 11) is -0.398. The Morgan fingerprint density at radius 3 is 2.48 bits per heavy atom. The molecule has 0 amide bonds. The van der Waals surface area contributed by atoms with Crippen molar-refractivity contribution < 1.29 is 9.31 Å². The summed E-state index contributed by atoms with van der Waals surface area (Å²) in [6.07, 6.45) is 3.23. The lowest BCUT2D eigenvalue weighted by molar-refractivity contribution is 0.00578. The maximum absolute atomic E-state index is 11.7. The standard InChI is InChI=1S/C17H21BN2O3/c1-16(2)17(3,4)23-18(22-16)14-8-5-7-13(11-14)12-20-10-6-9-19-15(20)21/h5-11H,12H2,1-4H3. The molecule has 1 fully saturated rings. The molecule has 1 saturated heterocycles. The molecule has 0 bridgehead atoms. The monoisotopic (exact) mass is 312 g/mol. The predicted octanol–water partition coefficient (Wildman–Crippen LogP) is 1.59. The third kappa shape index (κ3) is 3.09. The number of nitrogens with zero attached hydrogens (tertiary/aromatic N) is 2. The number of hydrogen-bond acceptors (Lipinski definition) is 4. The summed E-state index contributed by atoms with van der Waals surface area (Å²) in [6.45, 7) is 8.61. The van der Waals surface area contributed by atoms with Crippen molar-refractivity contribution in [1.29, 1.82) is 0 Å². The number of aromatic nitrogens is 2. The lowest BCUT2D eigenvalue weighted by Gasteiger charge is -2.32. The topological polar surface area (TPSA) is 53.4 Å². The van der Waals surface area contributed by atoms with E-state index in [1.165, 1.54) is 6.20 Å². The quantitative estimate of drug-likeness (QED) is 0.808. The molecule has 5 nitrogen and oxygen atoms in total. The average Bonchev–Trinajstić information content (AvgIpc) is 2.70. The number of rotatable bonds is 3.